The predicted molar refractivity (Wildman–Crippen MR) is 30.6 cm³/mol. The number of rotatable bonds is 0. The highest BCUT2D eigenvalue weighted by Crippen LogP contribution is 1.32. The van der Waals surface area contributed by atoms with Gasteiger partial charge in [0, 0.05) is 0 Å². The van der Waals surface area contributed by atoms with Crippen LogP contribution in [0.2, 0.25) is 0 Å². The summed E-state index contributed by atoms with van der Waals surface area (Å²) >= 11 is 0. The largest absolute Gasteiger partial charge is 0.483 e. The van der Waals surface area contributed by atoms with Crippen molar-refractivity contribution in [2.75, 3.05) is 0 Å². The topological polar surface area (TPSA) is 151 Å². The molecule has 0 saturated heterocycles. The molecule has 0 aliphatic rings. The summed E-state index contributed by atoms with van der Waals surface area (Å²) in [5, 5.41) is 19.1. The van der Waals surface area contributed by atoms with Crippen LogP contribution in [0.4, 0.5) is 0 Å². The Morgan fingerprint density at radius 2 is 1.10 bits per heavy atom. The maximum Gasteiger partial charge on any atom is 0.290 e. The van der Waals surface area contributed by atoms with Gasteiger partial charge in [0.05, 0.1) is 0 Å². The summed E-state index contributed by atoms with van der Waals surface area (Å²) in [7, 11) is 0. The Hall–Kier alpha value is -1.86. The highest BCUT2D eigenvalue weighted by molar-refractivity contribution is 5.32. The van der Waals surface area contributed by atoms with Gasteiger partial charge in [-0.05, 0) is 0 Å². The van der Waals surface area contributed by atoms with Crippen molar-refractivity contribution in [3.05, 3.63) is 0 Å². The standard InChI is InChI=1S/2CH2O2.H4N4/c2*2-1-3;1-3-4-2/h2*1H,(H,2,3);(H2,1,4)(H2,2,3). The first kappa shape index (κ1) is 15.7. The molecule has 0 amide bonds. The average Bonchev–Trinajstić information content (AvgIpc) is 1.91. The van der Waals surface area contributed by atoms with E-state index >= 15 is 0 Å². The van der Waals surface area contributed by atoms with Gasteiger partial charge in [-0.25, -0.2) is 0 Å². The van der Waals surface area contributed by atoms with Crippen LogP contribution < -0.4 is 11.7 Å². The molecule has 0 unspecified atom stereocenters. The minimum Gasteiger partial charge on any atom is -0.483 e. The molecule has 0 heterocycles. The molecule has 0 rings (SSSR count). The van der Waals surface area contributed by atoms with Crippen molar-refractivity contribution in [2.24, 2.45) is 22.1 Å². The van der Waals surface area contributed by atoms with Gasteiger partial charge < -0.3 is 21.9 Å². The molecule has 6 N–H and O–H groups in total. The minimum atomic E-state index is -0.250. The lowest BCUT2D eigenvalue weighted by Crippen LogP contribution is -1.80. The molecule has 0 aliphatic carbocycles. The van der Waals surface area contributed by atoms with Crippen molar-refractivity contribution < 1.29 is 19.8 Å². The Labute approximate surface area is 56.1 Å². The first-order valence-electron chi connectivity index (χ1n) is 1.70. The summed E-state index contributed by atoms with van der Waals surface area (Å²) in [6.45, 7) is -0.500. The summed E-state index contributed by atoms with van der Waals surface area (Å²) in [5.74, 6) is 8.72. The van der Waals surface area contributed by atoms with E-state index in [0.717, 1.165) is 0 Å². The molecule has 60 valence electrons. The summed E-state index contributed by atoms with van der Waals surface area (Å²) in [4.78, 5) is 16.7. The van der Waals surface area contributed by atoms with Crippen LogP contribution in [0, 0.1) is 0 Å². The van der Waals surface area contributed by atoms with Crippen LogP contribution in [0.5, 0.6) is 0 Å². The predicted octanol–water partition coefficient (Wildman–Crippen LogP) is -1.41. The number of hydrogen-bond acceptors (Lipinski definition) is 4. The van der Waals surface area contributed by atoms with Crippen molar-refractivity contribution in [2.45, 2.75) is 0 Å². The second-order valence-corrected chi connectivity index (χ2v) is 0.442. The Bertz CT molecular complexity index is 73.3. The second kappa shape index (κ2) is 58.8. The van der Waals surface area contributed by atoms with Gasteiger partial charge in [-0.1, -0.05) is 10.4 Å². The first-order valence-corrected chi connectivity index (χ1v) is 1.70. The zero-order valence-electron chi connectivity index (χ0n) is 4.91. The highest BCUT2D eigenvalue weighted by atomic mass is 16.3. The van der Waals surface area contributed by atoms with E-state index in [1.54, 1.807) is 0 Å². The Morgan fingerprint density at radius 3 is 1.10 bits per heavy atom. The normalized spacial score (nSPS) is 6.00. The molecule has 8 nitrogen and oxygen atoms in total. The van der Waals surface area contributed by atoms with Gasteiger partial charge in [0.25, 0.3) is 12.9 Å². The fourth-order valence-corrected chi connectivity index (χ4v) is 0. The molecule has 0 aromatic heterocycles. The lowest BCUT2D eigenvalue weighted by molar-refractivity contribution is -0.123. The van der Waals surface area contributed by atoms with Gasteiger partial charge in [-0.2, -0.15) is 0 Å². The van der Waals surface area contributed by atoms with Crippen molar-refractivity contribution in [3.8, 4) is 0 Å². The molecule has 0 aromatic rings. The monoisotopic (exact) mass is 152 g/mol. The summed E-state index contributed by atoms with van der Waals surface area (Å²) in [6.07, 6.45) is 0. The van der Waals surface area contributed by atoms with Crippen molar-refractivity contribution in [1.82, 2.24) is 0 Å². The average molecular weight is 152 g/mol. The highest BCUT2D eigenvalue weighted by Gasteiger charge is 1.28. The molecular weight excluding hydrogens is 144 g/mol. The van der Waals surface area contributed by atoms with E-state index in [1.807, 2.05) is 0 Å². The van der Waals surface area contributed by atoms with Crippen LogP contribution in [0.1, 0.15) is 0 Å². The van der Waals surface area contributed by atoms with Crippen molar-refractivity contribution >= 4 is 12.9 Å². The molecular formula is C2H8N4O4. The SMILES string of the molecule is NN=NN.O=CO.O=CO. The van der Waals surface area contributed by atoms with Crippen molar-refractivity contribution in [1.29, 1.82) is 0 Å². The van der Waals surface area contributed by atoms with Gasteiger partial charge in [-0.15, -0.1) is 0 Å². The van der Waals surface area contributed by atoms with Gasteiger partial charge >= 0.3 is 0 Å². The smallest absolute Gasteiger partial charge is 0.290 e. The molecule has 0 atom stereocenters. The lowest BCUT2D eigenvalue weighted by atomic mass is 11.7. The van der Waals surface area contributed by atoms with Gasteiger partial charge in [-0.3, -0.25) is 9.59 Å². The molecule has 10 heavy (non-hydrogen) atoms. The van der Waals surface area contributed by atoms with E-state index < -0.39 is 0 Å². The third-order valence-corrected chi connectivity index (χ3v) is 0.0667. The molecule has 0 radical (unpaired) electrons. The number of carbonyl (C=O) groups is 2. The Balaban J connectivity index is -0.0000000750. The zero-order valence-corrected chi connectivity index (χ0v) is 4.91. The zero-order chi connectivity index (χ0) is 8.83. The number of nitrogens with zero attached hydrogens (tertiary/aromatic N) is 2. The Kier molecular flexibility index (Phi) is 92.3. The van der Waals surface area contributed by atoms with Crippen LogP contribution in [0.15, 0.2) is 10.4 Å². The third kappa shape index (κ3) is 219. The third-order valence-electron chi connectivity index (χ3n) is 0.0667. The molecule has 0 aromatic carbocycles. The molecule has 8 heteroatoms. The van der Waals surface area contributed by atoms with Crippen LogP contribution in [0.3, 0.4) is 0 Å². The summed E-state index contributed by atoms with van der Waals surface area (Å²) in [5.41, 5.74) is 0. The van der Waals surface area contributed by atoms with E-state index in [-0.39, 0.29) is 12.9 Å². The molecule has 0 bridgehead atoms. The van der Waals surface area contributed by atoms with Gasteiger partial charge in [0.15, 0.2) is 0 Å². The maximum absolute atomic E-state index is 8.36. The summed E-state index contributed by atoms with van der Waals surface area (Å²) < 4.78 is 0. The lowest BCUT2D eigenvalue weighted by Gasteiger charge is -1.56. The number of hydrogen-bond donors (Lipinski definition) is 4. The second-order valence-electron chi connectivity index (χ2n) is 0.442. The van der Waals surface area contributed by atoms with Crippen LogP contribution in [-0.4, -0.2) is 23.2 Å². The molecule has 0 fully saturated rings. The van der Waals surface area contributed by atoms with Crippen molar-refractivity contribution in [3.63, 3.8) is 0 Å². The fraction of sp³-hybridized carbons (Fsp3) is 0. The van der Waals surface area contributed by atoms with Gasteiger partial charge in [0.2, 0.25) is 0 Å². The van der Waals surface area contributed by atoms with E-state index in [9.17, 15) is 0 Å². The first-order chi connectivity index (χ1) is 4.74. The molecule has 0 spiro atoms. The fourth-order valence-electron chi connectivity index (χ4n) is 0. The molecule has 0 aliphatic heterocycles. The van der Waals surface area contributed by atoms with E-state index in [0.29, 0.717) is 0 Å². The summed E-state index contributed by atoms with van der Waals surface area (Å²) in [6, 6.07) is 0. The van der Waals surface area contributed by atoms with Crippen LogP contribution in [0.25, 0.3) is 0 Å². The van der Waals surface area contributed by atoms with E-state index in [1.165, 1.54) is 0 Å². The van der Waals surface area contributed by atoms with Gasteiger partial charge in [0.1, 0.15) is 0 Å². The van der Waals surface area contributed by atoms with E-state index in [2.05, 4.69) is 22.1 Å². The minimum absolute atomic E-state index is 0.250. The maximum atomic E-state index is 8.36. The van der Waals surface area contributed by atoms with Crippen LogP contribution in [-0.2, 0) is 9.59 Å². The Morgan fingerprint density at radius 1 is 1.00 bits per heavy atom. The number of carboxylic acid groups (broad SMARTS) is 2. The van der Waals surface area contributed by atoms with Crippen LogP contribution >= 0.6 is 0 Å². The van der Waals surface area contributed by atoms with E-state index in [4.69, 9.17) is 19.8 Å². The number of nitrogens with two attached hydrogens (primary N) is 2. The quantitative estimate of drug-likeness (QED) is 0.145. The molecule has 0 saturated carbocycles.